The second-order valence-corrected chi connectivity index (χ2v) is 5.64. The molecule has 0 aliphatic heterocycles. The summed E-state index contributed by atoms with van der Waals surface area (Å²) in [6, 6.07) is 22.7. The van der Waals surface area contributed by atoms with Crippen molar-refractivity contribution in [1.82, 2.24) is 0 Å². The molecule has 25 heavy (non-hydrogen) atoms. The first-order chi connectivity index (χ1) is 12.3. The molecular weight excluding hydrogens is 314 g/mol. The van der Waals surface area contributed by atoms with E-state index in [1.54, 1.807) is 31.4 Å². The van der Waals surface area contributed by atoms with E-state index in [2.05, 4.69) is 5.16 Å². The maximum Gasteiger partial charge on any atom is 0.365 e. The predicted octanol–water partition coefficient (Wildman–Crippen LogP) is 4.29. The number of hydrogen-bond donors (Lipinski definition) is 0. The van der Waals surface area contributed by atoms with Crippen LogP contribution in [0.3, 0.4) is 0 Å². The molecule has 0 saturated heterocycles. The van der Waals surface area contributed by atoms with Crippen LogP contribution >= 0.6 is 0 Å². The summed E-state index contributed by atoms with van der Waals surface area (Å²) in [6.45, 7) is 0. The Morgan fingerprint density at radius 2 is 1.28 bits per heavy atom. The summed E-state index contributed by atoms with van der Waals surface area (Å²) in [5, 5.41) is 4.16. The van der Waals surface area contributed by atoms with Crippen molar-refractivity contribution < 1.29 is 14.4 Å². The lowest BCUT2D eigenvalue weighted by Crippen LogP contribution is -2.05. The highest BCUT2D eigenvalue weighted by Gasteiger charge is 2.25. The molecule has 0 bridgehead atoms. The quantitative estimate of drug-likeness (QED) is 0.416. The van der Waals surface area contributed by atoms with E-state index in [-0.39, 0.29) is 0 Å². The maximum atomic E-state index is 12.3. The third-order valence-corrected chi connectivity index (χ3v) is 4.20. The minimum atomic E-state index is -0.503. The number of fused-ring (bicyclic) bond motifs is 3. The van der Waals surface area contributed by atoms with Crippen molar-refractivity contribution in [3.05, 3.63) is 89.5 Å². The van der Waals surface area contributed by atoms with E-state index >= 15 is 0 Å². The Labute approximate surface area is 145 Å². The lowest BCUT2D eigenvalue weighted by atomic mass is 10.1. The smallest absolute Gasteiger partial charge is 0.365 e. The molecule has 1 aliphatic rings. The zero-order chi connectivity index (χ0) is 17.2. The van der Waals surface area contributed by atoms with Crippen LogP contribution in [-0.2, 0) is 4.84 Å². The standard InChI is InChI=1S/C21H15NO3/c1-24-15-12-10-14(11-13-15)21(23)25-22-20-18-8-4-2-6-16(18)17-7-3-5-9-19(17)20/h2-13H,1H3. The van der Waals surface area contributed by atoms with Crippen molar-refractivity contribution in [1.29, 1.82) is 0 Å². The van der Waals surface area contributed by atoms with Crippen molar-refractivity contribution in [2.24, 2.45) is 5.16 Å². The number of nitrogens with zero attached hydrogens (tertiary/aromatic N) is 1. The van der Waals surface area contributed by atoms with Crippen molar-refractivity contribution in [3.63, 3.8) is 0 Å². The summed E-state index contributed by atoms with van der Waals surface area (Å²) in [4.78, 5) is 17.5. The molecule has 3 aromatic rings. The lowest BCUT2D eigenvalue weighted by molar-refractivity contribution is 0.0517. The van der Waals surface area contributed by atoms with Crippen molar-refractivity contribution in [2.75, 3.05) is 7.11 Å². The Hall–Kier alpha value is -3.40. The maximum absolute atomic E-state index is 12.3. The van der Waals surface area contributed by atoms with E-state index in [9.17, 15) is 4.79 Å². The van der Waals surface area contributed by atoms with Crippen LogP contribution in [0.5, 0.6) is 5.75 Å². The molecule has 0 atom stereocenters. The van der Waals surface area contributed by atoms with E-state index in [4.69, 9.17) is 9.57 Å². The number of ether oxygens (including phenoxy) is 1. The molecule has 0 heterocycles. The zero-order valence-electron chi connectivity index (χ0n) is 13.6. The molecule has 3 aromatic carbocycles. The van der Waals surface area contributed by atoms with Gasteiger partial charge in [0, 0.05) is 11.1 Å². The molecule has 0 radical (unpaired) electrons. The fourth-order valence-electron chi connectivity index (χ4n) is 2.96. The Kier molecular flexibility index (Phi) is 3.78. The van der Waals surface area contributed by atoms with Crippen LogP contribution in [0.15, 0.2) is 78.0 Å². The van der Waals surface area contributed by atoms with Crippen LogP contribution in [0.1, 0.15) is 21.5 Å². The Morgan fingerprint density at radius 3 is 1.80 bits per heavy atom. The molecule has 0 amide bonds. The van der Waals surface area contributed by atoms with Gasteiger partial charge in [-0.25, -0.2) is 4.79 Å². The van der Waals surface area contributed by atoms with Crippen molar-refractivity contribution in [3.8, 4) is 16.9 Å². The van der Waals surface area contributed by atoms with Gasteiger partial charge in [-0.1, -0.05) is 53.7 Å². The van der Waals surface area contributed by atoms with E-state index in [0.717, 1.165) is 22.3 Å². The average Bonchev–Trinajstić information content (AvgIpc) is 3.00. The third-order valence-electron chi connectivity index (χ3n) is 4.20. The van der Waals surface area contributed by atoms with Crippen molar-refractivity contribution in [2.45, 2.75) is 0 Å². The van der Waals surface area contributed by atoms with Gasteiger partial charge < -0.3 is 9.57 Å². The number of rotatable bonds is 3. The second-order valence-electron chi connectivity index (χ2n) is 5.64. The Bertz CT molecular complexity index is 927. The number of methoxy groups -OCH3 is 1. The van der Waals surface area contributed by atoms with Crippen LogP contribution in [0.4, 0.5) is 0 Å². The first-order valence-electron chi connectivity index (χ1n) is 7.90. The van der Waals surface area contributed by atoms with Gasteiger partial charge in [0.15, 0.2) is 0 Å². The summed E-state index contributed by atoms with van der Waals surface area (Å²) >= 11 is 0. The highest BCUT2D eigenvalue weighted by Crippen LogP contribution is 2.36. The number of hydrogen-bond acceptors (Lipinski definition) is 4. The van der Waals surface area contributed by atoms with Crippen LogP contribution < -0.4 is 4.74 Å². The normalized spacial score (nSPS) is 11.5. The molecule has 122 valence electrons. The van der Waals surface area contributed by atoms with Gasteiger partial charge in [0.25, 0.3) is 0 Å². The molecule has 4 nitrogen and oxygen atoms in total. The second kappa shape index (κ2) is 6.24. The first kappa shape index (κ1) is 15.1. The number of carbonyl (C=O) groups excluding carboxylic acids is 1. The van der Waals surface area contributed by atoms with Gasteiger partial charge in [0.1, 0.15) is 11.5 Å². The monoisotopic (exact) mass is 329 g/mol. The van der Waals surface area contributed by atoms with Crippen LogP contribution in [0, 0.1) is 0 Å². The van der Waals surface area contributed by atoms with E-state index in [1.807, 2.05) is 48.5 Å². The summed E-state index contributed by atoms with van der Waals surface area (Å²) in [5.41, 5.74) is 5.21. The van der Waals surface area contributed by atoms with Gasteiger partial charge in [-0.3, -0.25) is 0 Å². The highest BCUT2D eigenvalue weighted by atomic mass is 16.7. The van der Waals surface area contributed by atoms with Gasteiger partial charge in [-0.2, -0.15) is 0 Å². The minimum Gasteiger partial charge on any atom is -0.497 e. The van der Waals surface area contributed by atoms with E-state index < -0.39 is 5.97 Å². The fraction of sp³-hybridized carbons (Fsp3) is 0.0476. The van der Waals surface area contributed by atoms with Crippen LogP contribution in [-0.4, -0.2) is 18.8 Å². The molecule has 1 aliphatic carbocycles. The summed E-state index contributed by atoms with van der Waals surface area (Å²) in [5.74, 6) is 0.179. The summed E-state index contributed by atoms with van der Waals surface area (Å²) in [7, 11) is 1.58. The first-order valence-corrected chi connectivity index (χ1v) is 7.90. The molecule has 4 heteroatoms. The third kappa shape index (κ3) is 2.68. The van der Waals surface area contributed by atoms with Crippen molar-refractivity contribution >= 4 is 11.7 Å². The number of oxime groups is 1. The fourth-order valence-corrected chi connectivity index (χ4v) is 2.96. The largest absolute Gasteiger partial charge is 0.497 e. The Balaban J connectivity index is 1.66. The van der Waals surface area contributed by atoms with E-state index in [0.29, 0.717) is 17.0 Å². The molecule has 0 fully saturated rings. The highest BCUT2D eigenvalue weighted by molar-refractivity contribution is 6.24. The van der Waals surface area contributed by atoms with Gasteiger partial charge in [0.05, 0.1) is 12.7 Å². The number of carbonyl (C=O) groups is 1. The molecule has 0 spiro atoms. The van der Waals surface area contributed by atoms with Gasteiger partial charge in [0.2, 0.25) is 0 Å². The van der Waals surface area contributed by atoms with E-state index in [1.165, 1.54) is 0 Å². The molecule has 4 rings (SSSR count). The van der Waals surface area contributed by atoms with Gasteiger partial charge in [-0.15, -0.1) is 0 Å². The number of benzene rings is 3. The Morgan fingerprint density at radius 1 is 0.760 bits per heavy atom. The summed E-state index contributed by atoms with van der Waals surface area (Å²) < 4.78 is 5.09. The molecular formula is C21H15NO3. The molecule has 0 saturated carbocycles. The lowest BCUT2D eigenvalue weighted by Gasteiger charge is -2.03. The van der Waals surface area contributed by atoms with Gasteiger partial charge in [-0.05, 0) is 35.4 Å². The predicted molar refractivity (Wildman–Crippen MR) is 95.9 cm³/mol. The molecule has 0 aromatic heterocycles. The average molecular weight is 329 g/mol. The SMILES string of the molecule is COc1ccc(C(=O)ON=C2c3ccccc3-c3ccccc32)cc1. The van der Waals surface area contributed by atoms with Crippen LogP contribution in [0.25, 0.3) is 11.1 Å². The zero-order valence-corrected chi connectivity index (χ0v) is 13.6. The van der Waals surface area contributed by atoms with Crippen LogP contribution in [0.2, 0.25) is 0 Å². The topological polar surface area (TPSA) is 47.9 Å². The molecule has 0 N–H and O–H groups in total. The van der Waals surface area contributed by atoms with Gasteiger partial charge >= 0.3 is 5.97 Å². The summed E-state index contributed by atoms with van der Waals surface area (Å²) in [6.07, 6.45) is 0. The molecule has 0 unspecified atom stereocenters. The minimum absolute atomic E-state index is 0.421.